The molecule has 1 aromatic rings. The first-order valence-electron chi connectivity index (χ1n) is 5.92. The molecule has 1 heterocycles. The summed E-state index contributed by atoms with van der Waals surface area (Å²) in [6.07, 6.45) is 4.64. The van der Waals surface area contributed by atoms with E-state index in [2.05, 4.69) is 35.2 Å². The Morgan fingerprint density at radius 1 is 1.44 bits per heavy atom. The van der Waals surface area contributed by atoms with E-state index in [0.717, 1.165) is 16.5 Å². The van der Waals surface area contributed by atoms with Gasteiger partial charge in [-0.2, -0.15) is 11.3 Å². The normalized spacial score (nSPS) is 26.6. The van der Waals surface area contributed by atoms with E-state index in [1.165, 1.54) is 19.3 Å². The van der Waals surface area contributed by atoms with Crippen molar-refractivity contribution in [1.82, 2.24) is 0 Å². The SMILES string of the molecule is CC1(C)CCCCC1C(O)c1cscc1Br. The molecule has 2 unspecified atom stereocenters. The van der Waals surface area contributed by atoms with Crippen LogP contribution in [0, 0.1) is 11.3 Å². The van der Waals surface area contributed by atoms with Gasteiger partial charge in [0.1, 0.15) is 0 Å². The predicted molar refractivity (Wildman–Crippen MR) is 72.7 cm³/mol. The minimum Gasteiger partial charge on any atom is -0.388 e. The lowest BCUT2D eigenvalue weighted by Gasteiger charge is -2.41. The van der Waals surface area contributed by atoms with Gasteiger partial charge in [-0.15, -0.1) is 0 Å². The largest absolute Gasteiger partial charge is 0.388 e. The Labute approximate surface area is 110 Å². The van der Waals surface area contributed by atoms with Crippen LogP contribution in [-0.2, 0) is 0 Å². The van der Waals surface area contributed by atoms with Crippen molar-refractivity contribution in [2.75, 3.05) is 0 Å². The number of rotatable bonds is 2. The molecule has 0 spiro atoms. The summed E-state index contributed by atoms with van der Waals surface area (Å²) in [7, 11) is 0. The Hall–Kier alpha value is 0.140. The Morgan fingerprint density at radius 2 is 2.19 bits per heavy atom. The van der Waals surface area contributed by atoms with Crippen LogP contribution in [0.1, 0.15) is 51.2 Å². The summed E-state index contributed by atoms with van der Waals surface area (Å²) in [5, 5.41) is 14.6. The van der Waals surface area contributed by atoms with E-state index in [0.29, 0.717) is 5.92 Å². The third-order valence-corrected chi connectivity index (χ3v) is 5.68. The summed E-state index contributed by atoms with van der Waals surface area (Å²) in [4.78, 5) is 0. The summed E-state index contributed by atoms with van der Waals surface area (Å²) >= 11 is 5.17. The molecule has 16 heavy (non-hydrogen) atoms. The van der Waals surface area contributed by atoms with Crippen LogP contribution in [0.4, 0.5) is 0 Å². The van der Waals surface area contributed by atoms with E-state index in [1.54, 1.807) is 11.3 Å². The highest BCUT2D eigenvalue weighted by atomic mass is 79.9. The maximum absolute atomic E-state index is 10.5. The third kappa shape index (κ3) is 2.36. The fraction of sp³-hybridized carbons (Fsp3) is 0.692. The maximum Gasteiger partial charge on any atom is 0.0842 e. The van der Waals surface area contributed by atoms with Gasteiger partial charge in [-0.25, -0.2) is 0 Å². The van der Waals surface area contributed by atoms with Crippen LogP contribution < -0.4 is 0 Å². The molecular formula is C13H19BrOS. The number of aliphatic hydroxyl groups excluding tert-OH is 1. The first-order chi connectivity index (χ1) is 7.52. The Kier molecular flexibility index (Phi) is 3.77. The van der Waals surface area contributed by atoms with E-state index in [-0.39, 0.29) is 11.5 Å². The molecule has 0 radical (unpaired) electrons. The van der Waals surface area contributed by atoms with Crippen molar-refractivity contribution in [2.45, 2.75) is 45.6 Å². The summed E-state index contributed by atoms with van der Waals surface area (Å²) in [6, 6.07) is 0. The lowest BCUT2D eigenvalue weighted by molar-refractivity contribution is 0.00371. The molecule has 1 aliphatic carbocycles. The second-order valence-electron chi connectivity index (χ2n) is 5.46. The molecule has 90 valence electrons. The lowest BCUT2D eigenvalue weighted by Crippen LogP contribution is -2.32. The van der Waals surface area contributed by atoms with Gasteiger partial charge in [-0.3, -0.25) is 0 Å². The minimum absolute atomic E-state index is 0.263. The molecule has 1 fully saturated rings. The van der Waals surface area contributed by atoms with Crippen LogP contribution in [-0.4, -0.2) is 5.11 Å². The van der Waals surface area contributed by atoms with E-state index in [9.17, 15) is 5.11 Å². The van der Waals surface area contributed by atoms with Gasteiger partial charge in [-0.1, -0.05) is 26.7 Å². The molecule has 0 aromatic carbocycles. The first kappa shape index (κ1) is 12.6. The molecule has 1 N–H and O–H groups in total. The first-order valence-corrected chi connectivity index (χ1v) is 7.65. The summed E-state index contributed by atoms with van der Waals surface area (Å²) in [5.41, 5.74) is 1.34. The fourth-order valence-corrected chi connectivity index (χ4v) is 4.39. The van der Waals surface area contributed by atoms with Gasteiger partial charge in [0.15, 0.2) is 0 Å². The number of hydrogen-bond acceptors (Lipinski definition) is 2. The molecule has 0 aliphatic heterocycles. The van der Waals surface area contributed by atoms with Crippen molar-refractivity contribution in [1.29, 1.82) is 0 Å². The minimum atomic E-state index is -0.309. The average molecular weight is 303 g/mol. The molecule has 2 atom stereocenters. The highest BCUT2D eigenvalue weighted by molar-refractivity contribution is 9.10. The van der Waals surface area contributed by atoms with Crippen LogP contribution >= 0.6 is 27.3 Å². The molecule has 0 amide bonds. The number of aliphatic hydroxyl groups is 1. The second kappa shape index (κ2) is 4.79. The number of hydrogen-bond donors (Lipinski definition) is 1. The van der Waals surface area contributed by atoms with E-state index in [4.69, 9.17) is 0 Å². The van der Waals surface area contributed by atoms with Crippen LogP contribution in [0.15, 0.2) is 15.2 Å². The quantitative estimate of drug-likeness (QED) is 0.835. The van der Waals surface area contributed by atoms with Crippen molar-refractivity contribution in [2.24, 2.45) is 11.3 Å². The molecule has 1 aromatic heterocycles. The summed E-state index contributed by atoms with van der Waals surface area (Å²) in [6.45, 7) is 4.58. The zero-order valence-electron chi connectivity index (χ0n) is 9.87. The summed E-state index contributed by atoms with van der Waals surface area (Å²) < 4.78 is 1.06. The van der Waals surface area contributed by atoms with E-state index in [1.807, 2.05) is 5.38 Å². The van der Waals surface area contributed by atoms with Crippen LogP contribution in [0.25, 0.3) is 0 Å². The highest BCUT2D eigenvalue weighted by Gasteiger charge is 2.38. The van der Waals surface area contributed by atoms with Gasteiger partial charge < -0.3 is 5.11 Å². The van der Waals surface area contributed by atoms with Gasteiger partial charge in [0.25, 0.3) is 0 Å². The Morgan fingerprint density at radius 3 is 2.75 bits per heavy atom. The van der Waals surface area contributed by atoms with Gasteiger partial charge >= 0.3 is 0 Å². The van der Waals surface area contributed by atoms with Crippen molar-refractivity contribution < 1.29 is 5.11 Å². The monoisotopic (exact) mass is 302 g/mol. The topological polar surface area (TPSA) is 20.2 Å². The molecule has 0 saturated heterocycles. The molecule has 2 rings (SSSR count). The van der Waals surface area contributed by atoms with Crippen LogP contribution in [0.2, 0.25) is 0 Å². The maximum atomic E-state index is 10.5. The molecule has 1 aliphatic rings. The zero-order chi connectivity index (χ0) is 11.8. The van der Waals surface area contributed by atoms with Crippen molar-refractivity contribution in [3.63, 3.8) is 0 Å². The number of halogens is 1. The Bertz CT molecular complexity index is 359. The standard InChI is InChI=1S/C13H19BrOS/c1-13(2)6-4-3-5-10(13)12(15)9-7-16-8-11(9)14/h7-8,10,12,15H,3-6H2,1-2H3. The highest BCUT2D eigenvalue weighted by Crippen LogP contribution is 2.48. The summed E-state index contributed by atoms with van der Waals surface area (Å²) in [5.74, 6) is 0.396. The van der Waals surface area contributed by atoms with Crippen molar-refractivity contribution in [3.8, 4) is 0 Å². The Balaban J connectivity index is 2.20. The smallest absolute Gasteiger partial charge is 0.0842 e. The van der Waals surface area contributed by atoms with Crippen LogP contribution in [0.3, 0.4) is 0 Å². The van der Waals surface area contributed by atoms with Crippen LogP contribution in [0.5, 0.6) is 0 Å². The molecule has 1 nitrogen and oxygen atoms in total. The van der Waals surface area contributed by atoms with E-state index < -0.39 is 0 Å². The molecular weight excluding hydrogens is 284 g/mol. The van der Waals surface area contributed by atoms with Crippen molar-refractivity contribution >= 4 is 27.3 Å². The average Bonchev–Trinajstić information content (AvgIpc) is 2.63. The van der Waals surface area contributed by atoms with Gasteiger partial charge in [0.05, 0.1) is 6.10 Å². The van der Waals surface area contributed by atoms with Gasteiger partial charge in [0.2, 0.25) is 0 Å². The second-order valence-corrected chi connectivity index (χ2v) is 7.06. The lowest BCUT2D eigenvalue weighted by atomic mass is 9.66. The molecule has 1 saturated carbocycles. The van der Waals surface area contributed by atoms with Gasteiger partial charge in [-0.05, 0) is 45.5 Å². The van der Waals surface area contributed by atoms with E-state index >= 15 is 0 Å². The molecule has 0 bridgehead atoms. The van der Waals surface area contributed by atoms with Crippen molar-refractivity contribution in [3.05, 3.63) is 20.8 Å². The third-order valence-electron chi connectivity index (χ3n) is 3.93. The molecule has 3 heteroatoms. The van der Waals surface area contributed by atoms with Gasteiger partial charge in [0, 0.05) is 15.4 Å². The fourth-order valence-electron chi connectivity index (χ4n) is 2.83. The predicted octanol–water partition coefficient (Wildman–Crippen LogP) is 4.76. The number of thiophene rings is 1. The zero-order valence-corrected chi connectivity index (χ0v) is 12.3.